The Labute approximate surface area is 88.9 Å². The van der Waals surface area contributed by atoms with Crippen LogP contribution < -0.4 is 4.46 Å². The Morgan fingerprint density at radius 3 is 1.82 bits per heavy atom. The summed E-state index contributed by atoms with van der Waals surface area (Å²) in [6.07, 6.45) is 0. The van der Waals surface area contributed by atoms with Crippen molar-refractivity contribution in [2.24, 2.45) is 0 Å². The van der Waals surface area contributed by atoms with Gasteiger partial charge in [-0.3, -0.25) is 0 Å². The number of halogens is 4. The maximum atomic E-state index is 5.78. The zero-order chi connectivity index (χ0) is 8.48. The van der Waals surface area contributed by atoms with Gasteiger partial charge in [-0.2, -0.15) is 0 Å². The molecule has 0 radical (unpaired) electrons. The number of hydrogen-bond donors (Lipinski definition) is 0. The Balaban J connectivity index is 2.99. The Morgan fingerprint density at radius 1 is 1.00 bits per heavy atom. The topological polar surface area (TPSA) is 0 Å². The molecule has 0 spiro atoms. The van der Waals surface area contributed by atoms with Gasteiger partial charge < -0.3 is 0 Å². The quantitative estimate of drug-likeness (QED) is 0.688. The summed E-state index contributed by atoms with van der Waals surface area (Å²) < 4.78 is 1.82. The molecule has 0 aliphatic heterocycles. The molecular formula is C6H4BrCl3Se. The molecule has 0 saturated heterocycles. The fourth-order valence-corrected chi connectivity index (χ4v) is 3.39. The molecule has 0 N–H and O–H groups in total. The molecule has 0 unspecified atom stereocenters. The van der Waals surface area contributed by atoms with Gasteiger partial charge in [-0.15, -0.1) is 0 Å². The van der Waals surface area contributed by atoms with Gasteiger partial charge in [0.25, 0.3) is 0 Å². The standard InChI is InChI=1S/C6H4BrCl3Se/c7-5-1-3-6(4-2-5)11(8,9)10/h1-4H. The molecule has 0 atom stereocenters. The summed E-state index contributed by atoms with van der Waals surface area (Å²) in [5.74, 6) is 0. The summed E-state index contributed by atoms with van der Waals surface area (Å²) in [5, 5.41) is 0. The van der Waals surface area contributed by atoms with E-state index in [-0.39, 0.29) is 0 Å². The number of hydrogen-bond acceptors (Lipinski definition) is 0. The van der Waals surface area contributed by atoms with Crippen LogP contribution in [0.3, 0.4) is 0 Å². The molecule has 0 aliphatic rings. The van der Waals surface area contributed by atoms with Gasteiger partial charge in [0.2, 0.25) is 0 Å². The van der Waals surface area contributed by atoms with E-state index in [4.69, 9.17) is 30.3 Å². The van der Waals surface area contributed by atoms with Crippen LogP contribution in [0.15, 0.2) is 28.7 Å². The molecule has 1 rings (SSSR count). The van der Waals surface area contributed by atoms with E-state index in [9.17, 15) is 0 Å². The molecule has 0 aliphatic carbocycles. The van der Waals surface area contributed by atoms with Crippen LogP contribution in [0.5, 0.6) is 0 Å². The minimum atomic E-state index is -2.83. The Hall–Kier alpha value is 1.09. The van der Waals surface area contributed by atoms with Crippen molar-refractivity contribution in [3.63, 3.8) is 0 Å². The normalized spacial score (nSPS) is 13.1. The average molecular weight is 341 g/mol. The van der Waals surface area contributed by atoms with Crippen molar-refractivity contribution in [2.75, 3.05) is 0 Å². The molecule has 1 aromatic carbocycles. The van der Waals surface area contributed by atoms with Crippen LogP contribution in [0.25, 0.3) is 0 Å². The van der Waals surface area contributed by atoms with E-state index in [1.165, 1.54) is 0 Å². The van der Waals surface area contributed by atoms with Crippen LogP contribution in [0.1, 0.15) is 0 Å². The fraction of sp³-hybridized carbons (Fsp3) is 0. The van der Waals surface area contributed by atoms with Crippen molar-refractivity contribution in [3.05, 3.63) is 28.7 Å². The van der Waals surface area contributed by atoms with E-state index < -0.39 is 10.1 Å². The van der Waals surface area contributed by atoms with Crippen molar-refractivity contribution >= 4 is 60.8 Å². The molecule has 11 heavy (non-hydrogen) atoms. The predicted molar refractivity (Wildman–Crippen MR) is 57.1 cm³/mol. The first-order valence-corrected chi connectivity index (χ1v) is 11.1. The first-order valence-electron chi connectivity index (χ1n) is 2.68. The van der Waals surface area contributed by atoms with Crippen LogP contribution in [0.4, 0.5) is 0 Å². The van der Waals surface area contributed by atoms with Crippen LogP contribution in [0, 0.1) is 0 Å². The molecule has 0 nitrogen and oxygen atoms in total. The molecule has 0 bridgehead atoms. The van der Waals surface area contributed by atoms with Gasteiger partial charge in [-0.1, -0.05) is 0 Å². The summed E-state index contributed by atoms with van der Waals surface area (Å²) in [5.41, 5.74) is 0. The predicted octanol–water partition coefficient (Wildman–Crippen LogP) is 3.31. The summed E-state index contributed by atoms with van der Waals surface area (Å²) >= 11 is 3.30. The zero-order valence-electron chi connectivity index (χ0n) is 5.23. The second-order valence-electron chi connectivity index (χ2n) is 1.86. The summed E-state index contributed by atoms with van der Waals surface area (Å²) in [6.45, 7) is 0. The monoisotopic (exact) mass is 340 g/mol. The number of rotatable bonds is 1. The Kier molecular flexibility index (Phi) is 3.57. The van der Waals surface area contributed by atoms with E-state index in [2.05, 4.69) is 15.9 Å². The third-order valence-electron chi connectivity index (χ3n) is 1.08. The van der Waals surface area contributed by atoms with Crippen LogP contribution in [0.2, 0.25) is 0 Å². The zero-order valence-corrected chi connectivity index (χ0v) is 10.8. The molecule has 0 heterocycles. The van der Waals surface area contributed by atoms with E-state index in [1.54, 1.807) is 0 Å². The van der Waals surface area contributed by atoms with Gasteiger partial charge >= 0.3 is 89.5 Å². The van der Waals surface area contributed by atoms with E-state index >= 15 is 0 Å². The fourth-order valence-electron chi connectivity index (χ4n) is 0.589. The SMILES string of the molecule is Cl[Se](Cl)(Cl)c1ccc(Br)cc1. The molecule has 0 aromatic heterocycles. The minimum absolute atomic E-state index is 0.828. The number of benzene rings is 1. The average Bonchev–Trinajstić information content (AvgIpc) is 1.86. The summed E-state index contributed by atoms with van der Waals surface area (Å²) in [6, 6.07) is 7.40. The van der Waals surface area contributed by atoms with E-state index in [0.717, 1.165) is 8.93 Å². The third kappa shape index (κ3) is 3.14. The maximum absolute atomic E-state index is 5.78. The Morgan fingerprint density at radius 2 is 1.45 bits per heavy atom. The second kappa shape index (κ2) is 3.87. The van der Waals surface area contributed by atoms with Gasteiger partial charge in [-0.25, -0.2) is 0 Å². The second-order valence-corrected chi connectivity index (χ2v) is 15.1. The van der Waals surface area contributed by atoms with Crippen molar-refractivity contribution in [3.8, 4) is 0 Å². The molecule has 0 saturated carbocycles. The third-order valence-corrected chi connectivity index (χ3v) is 6.08. The Bertz CT molecular complexity index is 241. The first kappa shape index (κ1) is 10.2. The molecular weight excluding hydrogens is 337 g/mol. The van der Waals surface area contributed by atoms with Crippen molar-refractivity contribution in [1.29, 1.82) is 0 Å². The summed E-state index contributed by atoms with van der Waals surface area (Å²) in [7, 11) is 14.5. The van der Waals surface area contributed by atoms with Crippen molar-refractivity contribution < 1.29 is 0 Å². The van der Waals surface area contributed by atoms with Gasteiger partial charge in [0, 0.05) is 0 Å². The molecule has 5 heteroatoms. The molecule has 0 amide bonds. The summed E-state index contributed by atoms with van der Waals surface area (Å²) in [4.78, 5) is 0. The van der Waals surface area contributed by atoms with E-state index in [1.807, 2.05) is 24.3 Å². The van der Waals surface area contributed by atoms with Crippen LogP contribution in [-0.2, 0) is 0 Å². The molecule has 0 fully saturated rings. The first-order chi connectivity index (χ1) is 5.00. The molecule has 62 valence electrons. The van der Waals surface area contributed by atoms with Gasteiger partial charge in [0.05, 0.1) is 0 Å². The van der Waals surface area contributed by atoms with Crippen LogP contribution in [-0.4, -0.2) is 10.1 Å². The van der Waals surface area contributed by atoms with Gasteiger partial charge in [0.1, 0.15) is 0 Å². The van der Waals surface area contributed by atoms with Gasteiger partial charge in [0.15, 0.2) is 0 Å². The van der Waals surface area contributed by atoms with Crippen LogP contribution >= 0.6 is 46.2 Å². The van der Waals surface area contributed by atoms with Gasteiger partial charge in [-0.05, 0) is 0 Å². The molecule has 1 aromatic rings. The van der Waals surface area contributed by atoms with Crippen molar-refractivity contribution in [1.82, 2.24) is 0 Å². The van der Waals surface area contributed by atoms with E-state index in [0.29, 0.717) is 0 Å². The van der Waals surface area contributed by atoms with Crippen molar-refractivity contribution in [2.45, 2.75) is 0 Å².